The molecule has 0 aliphatic carbocycles. The number of benzene rings is 2. The molecule has 0 saturated carbocycles. The van der Waals surface area contributed by atoms with Gasteiger partial charge in [-0.3, -0.25) is 0 Å². The van der Waals surface area contributed by atoms with Crippen LogP contribution >= 0.6 is 0 Å². The number of hydrogen-bond acceptors (Lipinski definition) is 3. The van der Waals surface area contributed by atoms with Crippen LogP contribution in [0.4, 0.5) is 11.4 Å². The summed E-state index contributed by atoms with van der Waals surface area (Å²) in [7, 11) is 8.28. The van der Waals surface area contributed by atoms with Gasteiger partial charge in [-0.05, 0) is 24.3 Å². The van der Waals surface area contributed by atoms with Crippen molar-refractivity contribution in [1.29, 1.82) is 5.41 Å². The van der Waals surface area contributed by atoms with E-state index in [0.29, 0.717) is 0 Å². The Labute approximate surface area is 134 Å². The summed E-state index contributed by atoms with van der Waals surface area (Å²) in [4.78, 5) is 4.29. The summed E-state index contributed by atoms with van der Waals surface area (Å²) in [6.07, 6.45) is 3.03. The molecule has 0 radical (unpaired) electrons. The number of nitrogens with one attached hydrogen (secondary N) is 1. The zero-order valence-corrected chi connectivity index (χ0v) is 14.4. The molecule has 0 fully saturated rings. The number of nitrogens with zero attached hydrogens (tertiary/aromatic N) is 2. The summed E-state index contributed by atoms with van der Waals surface area (Å²) in [5.74, 6) is 0. The predicted molar refractivity (Wildman–Crippen MR) is 99.0 cm³/mol. The Morgan fingerprint density at radius 1 is 1.00 bits per heavy atom. The zero-order valence-electron chi connectivity index (χ0n) is 14.4. The van der Waals surface area contributed by atoms with E-state index >= 15 is 0 Å². The van der Waals surface area contributed by atoms with E-state index in [0.717, 1.165) is 36.2 Å². The standard InChI is InChI=1S/C19H27N3/c1-6-7-10-16(20)15-13-12-14-9-8-11-17(21(2)3)18(14)19(15)22(4)5/h8-9,11-13,20H,6-7,10H2,1-5H3. The highest BCUT2D eigenvalue weighted by atomic mass is 15.1. The fraction of sp³-hybridized carbons (Fsp3) is 0.421. The molecule has 0 atom stereocenters. The van der Waals surface area contributed by atoms with Crippen LogP contribution in [0.5, 0.6) is 0 Å². The van der Waals surface area contributed by atoms with Crippen LogP contribution < -0.4 is 9.80 Å². The summed E-state index contributed by atoms with van der Waals surface area (Å²) >= 11 is 0. The third-order valence-electron chi connectivity index (χ3n) is 4.03. The fourth-order valence-electron chi connectivity index (χ4n) is 2.91. The van der Waals surface area contributed by atoms with Crippen molar-refractivity contribution in [2.24, 2.45) is 0 Å². The van der Waals surface area contributed by atoms with Crippen LogP contribution in [-0.4, -0.2) is 33.9 Å². The van der Waals surface area contributed by atoms with E-state index in [9.17, 15) is 0 Å². The molecule has 1 N–H and O–H groups in total. The maximum atomic E-state index is 8.48. The average Bonchev–Trinajstić information content (AvgIpc) is 2.50. The molecule has 0 aliphatic rings. The summed E-state index contributed by atoms with van der Waals surface area (Å²) in [6.45, 7) is 2.17. The van der Waals surface area contributed by atoms with Gasteiger partial charge in [-0.1, -0.05) is 37.6 Å². The second-order valence-corrected chi connectivity index (χ2v) is 6.21. The number of rotatable bonds is 6. The van der Waals surface area contributed by atoms with E-state index in [1.54, 1.807) is 0 Å². The maximum Gasteiger partial charge on any atom is 0.0553 e. The predicted octanol–water partition coefficient (Wildman–Crippen LogP) is 4.53. The third kappa shape index (κ3) is 3.08. The molecule has 0 saturated heterocycles. The van der Waals surface area contributed by atoms with Crippen LogP contribution in [0.15, 0.2) is 30.3 Å². The highest BCUT2D eigenvalue weighted by Crippen LogP contribution is 2.37. The lowest BCUT2D eigenvalue weighted by Gasteiger charge is -2.24. The first kappa shape index (κ1) is 16.3. The van der Waals surface area contributed by atoms with Crippen LogP contribution in [0.3, 0.4) is 0 Å². The molecule has 0 unspecified atom stereocenters. The van der Waals surface area contributed by atoms with Crippen molar-refractivity contribution in [1.82, 2.24) is 0 Å². The molecule has 0 heterocycles. The first-order valence-electron chi connectivity index (χ1n) is 7.95. The molecule has 0 aliphatic heterocycles. The molecule has 2 aromatic rings. The molecule has 3 heteroatoms. The lowest BCUT2D eigenvalue weighted by Crippen LogP contribution is -2.17. The first-order valence-corrected chi connectivity index (χ1v) is 7.95. The molecule has 0 amide bonds. The lowest BCUT2D eigenvalue weighted by molar-refractivity contribution is 0.833. The molecule has 2 aromatic carbocycles. The first-order chi connectivity index (χ1) is 10.5. The van der Waals surface area contributed by atoms with Gasteiger partial charge in [0.05, 0.1) is 5.69 Å². The van der Waals surface area contributed by atoms with Crippen molar-refractivity contribution in [2.75, 3.05) is 38.0 Å². The van der Waals surface area contributed by atoms with E-state index in [2.05, 4.69) is 75.2 Å². The molecular formula is C19H27N3. The Bertz CT molecular complexity index is 672. The molecule has 22 heavy (non-hydrogen) atoms. The van der Waals surface area contributed by atoms with E-state index in [1.165, 1.54) is 16.5 Å². The second-order valence-electron chi connectivity index (χ2n) is 6.21. The Morgan fingerprint density at radius 2 is 1.73 bits per heavy atom. The van der Waals surface area contributed by atoms with Crippen LogP contribution in [0.1, 0.15) is 31.7 Å². The van der Waals surface area contributed by atoms with Gasteiger partial charge in [0.2, 0.25) is 0 Å². The van der Waals surface area contributed by atoms with Gasteiger partial charge >= 0.3 is 0 Å². The smallest absolute Gasteiger partial charge is 0.0553 e. The minimum absolute atomic E-state index is 0.737. The van der Waals surface area contributed by atoms with Crippen LogP contribution in [0.2, 0.25) is 0 Å². The Hall–Kier alpha value is -2.03. The van der Waals surface area contributed by atoms with Crippen molar-refractivity contribution in [2.45, 2.75) is 26.2 Å². The Morgan fingerprint density at radius 3 is 2.32 bits per heavy atom. The molecule has 3 nitrogen and oxygen atoms in total. The van der Waals surface area contributed by atoms with Crippen molar-refractivity contribution in [3.8, 4) is 0 Å². The van der Waals surface area contributed by atoms with Gasteiger partial charge in [-0.25, -0.2) is 0 Å². The molecule has 0 aromatic heterocycles. The Balaban J connectivity index is 2.71. The minimum Gasteiger partial charge on any atom is -0.377 e. The van der Waals surface area contributed by atoms with Gasteiger partial charge in [-0.15, -0.1) is 0 Å². The van der Waals surface area contributed by atoms with Gasteiger partial charge in [0, 0.05) is 50.5 Å². The molecule has 2 rings (SSSR count). The fourth-order valence-corrected chi connectivity index (χ4v) is 2.91. The van der Waals surface area contributed by atoms with Gasteiger partial charge in [-0.2, -0.15) is 0 Å². The van der Waals surface area contributed by atoms with E-state index in [1.807, 2.05) is 0 Å². The SMILES string of the molecule is CCCCC(=N)c1ccc2cccc(N(C)C)c2c1N(C)C. The highest BCUT2D eigenvalue weighted by Gasteiger charge is 2.16. The lowest BCUT2D eigenvalue weighted by atomic mass is 9.96. The highest BCUT2D eigenvalue weighted by molar-refractivity contribution is 6.14. The molecule has 0 spiro atoms. The van der Waals surface area contributed by atoms with Crippen molar-refractivity contribution in [3.05, 3.63) is 35.9 Å². The number of fused-ring (bicyclic) bond motifs is 1. The summed E-state index contributed by atoms with van der Waals surface area (Å²) in [5.41, 5.74) is 4.15. The monoisotopic (exact) mass is 297 g/mol. The van der Waals surface area contributed by atoms with Crippen LogP contribution in [0, 0.1) is 5.41 Å². The Kier molecular flexibility index (Phi) is 5.07. The molecule has 0 bridgehead atoms. The van der Waals surface area contributed by atoms with Gasteiger partial charge < -0.3 is 15.2 Å². The van der Waals surface area contributed by atoms with Crippen molar-refractivity contribution in [3.63, 3.8) is 0 Å². The third-order valence-corrected chi connectivity index (χ3v) is 4.03. The number of unbranched alkanes of at least 4 members (excludes halogenated alkanes) is 1. The summed E-state index contributed by atoms with van der Waals surface area (Å²) in [5, 5.41) is 10.9. The second kappa shape index (κ2) is 6.82. The number of hydrogen-bond donors (Lipinski definition) is 1. The van der Waals surface area contributed by atoms with Crippen LogP contribution in [-0.2, 0) is 0 Å². The van der Waals surface area contributed by atoms with Gasteiger partial charge in [0.25, 0.3) is 0 Å². The molecule has 118 valence electrons. The van der Waals surface area contributed by atoms with Crippen molar-refractivity contribution >= 4 is 27.9 Å². The average molecular weight is 297 g/mol. The molecular weight excluding hydrogens is 270 g/mol. The minimum atomic E-state index is 0.737. The van der Waals surface area contributed by atoms with Crippen LogP contribution in [0.25, 0.3) is 10.8 Å². The topological polar surface area (TPSA) is 30.3 Å². The summed E-state index contributed by atoms with van der Waals surface area (Å²) < 4.78 is 0. The summed E-state index contributed by atoms with van der Waals surface area (Å²) in [6, 6.07) is 10.6. The van der Waals surface area contributed by atoms with E-state index < -0.39 is 0 Å². The largest absolute Gasteiger partial charge is 0.377 e. The van der Waals surface area contributed by atoms with E-state index in [-0.39, 0.29) is 0 Å². The maximum absolute atomic E-state index is 8.48. The van der Waals surface area contributed by atoms with Gasteiger partial charge in [0.15, 0.2) is 0 Å². The van der Waals surface area contributed by atoms with Gasteiger partial charge in [0.1, 0.15) is 0 Å². The quantitative estimate of drug-likeness (QED) is 0.794. The van der Waals surface area contributed by atoms with E-state index in [4.69, 9.17) is 5.41 Å². The zero-order chi connectivity index (χ0) is 16.3. The number of anilines is 2. The normalized spacial score (nSPS) is 10.8. The van der Waals surface area contributed by atoms with Crippen molar-refractivity contribution < 1.29 is 0 Å².